The van der Waals surface area contributed by atoms with Gasteiger partial charge in [-0.15, -0.1) is 6.58 Å². The van der Waals surface area contributed by atoms with E-state index in [2.05, 4.69) is 63.2 Å². The quantitative estimate of drug-likeness (QED) is 0.534. The van der Waals surface area contributed by atoms with E-state index in [1.54, 1.807) is 6.20 Å². The number of rotatable bonds is 6. The van der Waals surface area contributed by atoms with Gasteiger partial charge in [-0.3, -0.25) is 9.38 Å². The Hall–Kier alpha value is -3.29. The largest absolute Gasteiger partial charge is 0.382 e. The summed E-state index contributed by atoms with van der Waals surface area (Å²) in [7, 11) is 2.21. The lowest BCUT2D eigenvalue weighted by molar-refractivity contribution is 0.104. The number of allylic oxidation sites excluding steroid dienone is 3. The monoisotopic (exact) mass is 481 g/mol. The van der Waals surface area contributed by atoms with Crippen LogP contribution in [-0.4, -0.2) is 68.9 Å². The van der Waals surface area contributed by atoms with Crippen molar-refractivity contribution in [1.29, 1.82) is 0 Å². The molecule has 2 fully saturated rings. The molecule has 0 aromatic carbocycles. The van der Waals surface area contributed by atoms with Crippen LogP contribution in [0, 0.1) is 5.92 Å². The van der Waals surface area contributed by atoms with E-state index in [4.69, 9.17) is 15.7 Å². The van der Waals surface area contributed by atoms with Crippen LogP contribution in [0.5, 0.6) is 0 Å². The van der Waals surface area contributed by atoms with Crippen LogP contribution in [-0.2, 0) is 6.42 Å². The predicted octanol–water partition coefficient (Wildman–Crippen LogP) is 4.13. The topological polar surface area (TPSA) is 75.6 Å². The Labute approximate surface area is 213 Å². The molecule has 6 rings (SSSR count). The number of piperazine rings is 1. The molecular weight excluding hydrogens is 446 g/mol. The van der Waals surface area contributed by atoms with Crippen LogP contribution in [0.25, 0.3) is 23.2 Å². The van der Waals surface area contributed by atoms with Crippen molar-refractivity contribution in [2.45, 2.75) is 31.6 Å². The van der Waals surface area contributed by atoms with Crippen molar-refractivity contribution in [2.24, 2.45) is 5.92 Å². The second-order valence-corrected chi connectivity index (χ2v) is 10.5. The zero-order valence-corrected chi connectivity index (χ0v) is 21.1. The van der Waals surface area contributed by atoms with E-state index >= 15 is 0 Å². The number of likely N-dealkylation sites (N-methyl/N-ethyl adjacent to an activating group) is 1. The number of anilines is 1. The fourth-order valence-electron chi connectivity index (χ4n) is 5.84. The molecule has 3 aromatic heterocycles. The molecule has 0 radical (unpaired) electrons. The number of fused-ring (bicyclic) bond motifs is 2. The van der Waals surface area contributed by atoms with E-state index in [0.29, 0.717) is 11.7 Å². The highest BCUT2D eigenvalue weighted by atomic mass is 15.2. The molecule has 1 aliphatic heterocycles. The Morgan fingerprint density at radius 2 is 1.97 bits per heavy atom. The van der Waals surface area contributed by atoms with Crippen LogP contribution in [0.15, 0.2) is 43.3 Å². The minimum atomic E-state index is 0.456. The van der Waals surface area contributed by atoms with Crippen LogP contribution >= 0.6 is 0 Å². The molecule has 186 valence electrons. The van der Waals surface area contributed by atoms with Crippen molar-refractivity contribution in [3.63, 3.8) is 0 Å². The van der Waals surface area contributed by atoms with Crippen molar-refractivity contribution >= 4 is 29.1 Å². The van der Waals surface area contributed by atoms with Gasteiger partial charge in [-0.05, 0) is 55.5 Å². The normalized spacial score (nSPS) is 22.6. The Morgan fingerprint density at radius 3 is 2.78 bits per heavy atom. The highest BCUT2D eigenvalue weighted by molar-refractivity contribution is 5.92. The number of nitrogens with two attached hydrogens (primary N) is 1. The Balaban J connectivity index is 1.29. The van der Waals surface area contributed by atoms with E-state index in [9.17, 15) is 0 Å². The van der Waals surface area contributed by atoms with Crippen molar-refractivity contribution in [1.82, 2.24) is 29.2 Å². The van der Waals surface area contributed by atoms with Gasteiger partial charge in [-0.25, -0.2) is 9.97 Å². The molecule has 1 saturated carbocycles. The van der Waals surface area contributed by atoms with E-state index in [1.165, 1.54) is 45.6 Å². The molecule has 0 unspecified atom stereocenters. The number of nitrogen functional groups attached to an aromatic ring is 1. The molecule has 36 heavy (non-hydrogen) atoms. The van der Waals surface area contributed by atoms with Gasteiger partial charge in [0.05, 0.1) is 11.4 Å². The maximum atomic E-state index is 6.44. The average molecular weight is 482 g/mol. The molecule has 7 heteroatoms. The van der Waals surface area contributed by atoms with Crippen molar-refractivity contribution < 1.29 is 0 Å². The van der Waals surface area contributed by atoms with Crippen LogP contribution in [0.1, 0.15) is 53.7 Å². The highest BCUT2D eigenvalue weighted by Gasteiger charge is 2.35. The predicted molar refractivity (Wildman–Crippen MR) is 146 cm³/mol. The van der Waals surface area contributed by atoms with Gasteiger partial charge in [0.1, 0.15) is 17.2 Å². The third-order valence-electron chi connectivity index (χ3n) is 7.94. The summed E-state index contributed by atoms with van der Waals surface area (Å²) in [5.74, 6) is 2.85. The summed E-state index contributed by atoms with van der Waals surface area (Å²) >= 11 is 0. The lowest BCUT2D eigenvalue weighted by Crippen LogP contribution is -2.47. The molecule has 1 saturated heterocycles. The number of pyridine rings is 1. The average Bonchev–Trinajstić information content (AvgIpc) is 3.10. The van der Waals surface area contributed by atoms with Crippen LogP contribution in [0.3, 0.4) is 0 Å². The highest BCUT2D eigenvalue weighted by Crippen LogP contribution is 2.43. The molecule has 2 aliphatic carbocycles. The summed E-state index contributed by atoms with van der Waals surface area (Å²) in [4.78, 5) is 19.6. The first-order valence-electron chi connectivity index (χ1n) is 13.1. The van der Waals surface area contributed by atoms with E-state index in [-0.39, 0.29) is 0 Å². The summed E-state index contributed by atoms with van der Waals surface area (Å²) in [6, 6.07) is 4.21. The lowest BCUT2D eigenvalue weighted by atomic mass is 9.74. The Bertz CT molecular complexity index is 1340. The summed E-state index contributed by atoms with van der Waals surface area (Å²) in [5.41, 5.74) is 12.5. The molecule has 4 heterocycles. The van der Waals surface area contributed by atoms with Crippen LogP contribution < -0.4 is 5.73 Å². The number of imidazole rings is 1. The third kappa shape index (κ3) is 4.38. The third-order valence-corrected chi connectivity index (χ3v) is 7.94. The smallest absolute Gasteiger partial charge is 0.150 e. The molecule has 0 spiro atoms. The first kappa shape index (κ1) is 23.1. The minimum absolute atomic E-state index is 0.456. The summed E-state index contributed by atoms with van der Waals surface area (Å²) in [6.45, 7) is 9.78. The van der Waals surface area contributed by atoms with Gasteiger partial charge in [-0.1, -0.05) is 24.3 Å². The molecular formula is C29H35N7. The number of nitrogens with zero attached hydrogens (tertiary/aromatic N) is 6. The van der Waals surface area contributed by atoms with Gasteiger partial charge < -0.3 is 15.5 Å². The Kier molecular flexibility index (Phi) is 6.19. The molecule has 2 N–H and O–H groups in total. The van der Waals surface area contributed by atoms with Gasteiger partial charge in [0, 0.05) is 63.2 Å². The second kappa shape index (κ2) is 9.64. The van der Waals surface area contributed by atoms with E-state index < -0.39 is 0 Å². The van der Waals surface area contributed by atoms with Crippen molar-refractivity contribution in [3.05, 3.63) is 71.7 Å². The molecule has 7 nitrogen and oxygen atoms in total. The number of aromatic nitrogens is 4. The lowest BCUT2D eigenvalue weighted by Gasteiger charge is -2.40. The molecule has 3 aliphatic rings. The van der Waals surface area contributed by atoms with Gasteiger partial charge in [-0.2, -0.15) is 0 Å². The fourth-order valence-corrected chi connectivity index (χ4v) is 5.84. The fraction of sp³-hybridized carbons (Fsp3) is 0.414. The first-order chi connectivity index (χ1) is 17.6. The number of hydrogen-bond donors (Lipinski definition) is 1. The van der Waals surface area contributed by atoms with E-state index in [0.717, 1.165) is 58.3 Å². The summed E-state index contributed by atoms with van der Waals surface area (Å²) < 4.78 is 2.19. The van der Waals surface area contributed by atoms with Gasteiger partial charge in [0.25, 0.3) is 0 Å². The molecule has 0 bridgehead atoms. The van der Waals surface area contributed by atoms with E-state index in [1.807, 2.05) is 12.3 Å². The van der Waals surface area contributed by atoms with Gasteiger partial charge >= 0.3 is 0 Å². The number of hydrogen-bond acceptors (Lipinski definition) is 6. The molecule has 0 atom stereocenters. The minimum Gasteiger partial charge on any atom is -0.382 e. The van der Waals surface area contributed by atoms with Crippen LogP contribution in [0.2, 0.25) is 0 Å². The second-order valence-electron chi connectivity index (χ2n) is 10.5. The summed E-state index contributed by atoms with van der Waals surface area (Å²) in [5, 5.41) is 0. The van der Waals surface area contributed by atoms with Gasteiger partial charge in [0.2, 0.25) is 0 Å². The van der Waals surface area contributed by atoms with Crippen LogP contribution in [0.4, 0.5) is 5.82 Å². The zero-order valence-electron chi connectivity index (χ0n) is 21.1. The Morgan fingerprint density at radius 1 is 1.14 bits per heavy atom. The van der Waals surface area contributed by atoms with Crippen molar-refractivity contribution in [3.8, 4) is 0 Å². The first-order valence-corrected chi connectivity index (χ1v) is 13.1. The summed E-state index contributed by atoms with van der Waals surface area (Å²) in [6.07, 6.45) is 16.1. The molecule has 3 aromatic rings. The SMILES string of the molecule is C=CCc1ccc2c(n1)C=C(c1nc(C3CC(CN4CCN(C)CC4)C3)n3ccnc(N)c13)CC=C2. The van der Waals surface area contributed by atoms with Gasteiger partial charge in [0.15, 0.2) is 0 Å². The zero-order chi connectivity index (χ0) is 24.6. The van der Waals surface area contributed by atoms with Crippen molar-refractivity contribution in [2.75, 3.05) is 45.5 Å². The maximum Gasteiger partial charge on any atom is 0.150 e. The molecule has 0 amide bonds. The maximum absolute atomic E-state index is 6.44. The standard InChI is InChI=1S/C29H35N7/c1-3-5-24-9-8-21-6-4-7-22(18-25(21)32-24)26-27-28(30)31-10-11-36(27)29(33-26)23-16-20(17-23)19-35-14-12-34(2)13-15-35/h3-4,6,8-11,18,20,23H,1,5,7,12-17,19H2,2H3,(H2,30,31).